The van der Waals surface area contributed by atoms with Crippen molar-refractivity contribution in [3.05, 3.63) is 36.4 Å². The van der Waals surface area contributed by atoms with Crippen molar-refractivity contribution in [2.24, 2.45) is 10.9 Å². The number of nitrogens with zero attached hydrogens (tertiary/aromatic N) is 6. The van der Waals surface area contributed by atoms with Gasteiger partial charge in [0.1, 0.15) is 0 Å². The molecule has 0 bridgehead atoms. The van der Waals surface area contributed by atoms with E-state index in [2.05, 4.69) is 20.0 Å². The molecular weight excluding hydrogens is 352 g/mol. The maximum absolute atomic E-state index is 13.0. The van der Waals surface area contributed by atoms with Crippen molar-refractivity contribution in [1.29, 1.82) is 0 Å². The minimum atomic E-state index is 0.106. The zero-order valence-electron chi connectivity index (χ0n) is 16.7. The number of likely N-dealkylation sites (tertiary alicyclic amines) is 1. The lowest BCUT2D eigenvalue weighted by Gasteiger charge is -2.36. The summed E-state index contributed by atoms with van der Waals surface area (Å²) in [5.74, 6) is 0.408. The van der Waals surface area contributed by atoms with Crippen molar-refractivity contribution >= 4 is 17.8 Å². The first kappa shape index (κ1) is 18.7. The van der Waals surface area contributed by atoms with Gasteiger partial charge < -0.3 is 9.80 Å². The van der Waals surface area contributed by atoms with Crippen LogP contribution in [0.4, 0.5) is 5.69 Å². The molecule has 7 heteroatoms. The first-order valence-corrected chi connectivity index (χ1v) is 10.1. The molecular formula is C21H28N6O. The van der Waals surface area contributed by atoms with Gasteiger partial charge in [-0.25, -0.2) is 4.68 Å². The number of anilines is 1. The molecule has 0 aromatic carbocycles. The lowest BCUT2D eigenvalue weighted by Crippen LogP contribution is -2.45. The summed E-state index contributed by atoms with van der Waals surface area (Å²) >= 11 is 0. The van der Waals surface area contributed by atoms with Gasteiger partial charge in [-0.05, 0) is 44.2 Å². The average Bonchev–Trinajstić information content (AvgIpc) is 3.37. The third-order valence-electron chi connectivity index (χ3n) is 5.82. The minimum absolute atomic E-state index is 0.106. The highest BCUT2D eigenvalue weighted by atomic mass is 16.2. The molecule has 2 aliphatic rings. The SMILES string of the molecule is CN=C[C@@H]1CCCN1C(=O)C1CCN(c2cnccc2-n2cc(C)cn2)CC1. The molecule has 4 rings (SSSR count). The van der Waals surface area contributed by atoms with Crippen LogP contribution in [-0.2, 0) is 4.79 Å². The standard InChI is InChI=1S/C21H28N6O/c1-16-12-24-27(15-16)19-5-8-23-14-20(19)25-10-6-17(7-11-25)21(28)26-9-3-4-18(26)13-22-2/h5,8,12-15,17-18H,3-4,6-7,9-11H2,1-2H3/t18-/m0/s1. The smallest absolute Gasteiger partial charge is 0.226 e. The molecule has 0 unspecified atom stereocenters. The third kappa shape index (κ3) is 3.66. The second-order valence-corrected chi connectivity index (χ2v) is 7.74. The molecule has 2 aromatic heterocycles. The van der Waals surface area contributed by atoms with E-state index in [0.29, 0.717) is 5.91 Å². The predicted octanol–water partition coefficient (Wildman–Crippen LogP) is 2.48. The maximum atomic E-state index is 13.0. The second kappa shape index (κ2) is 8.12. The average molecular weight is 380 g/mol. The molecule has 2 fully saturated rings. The first-order chi connectivity index (χ1) is 13.7. The Morgan fingerprint density at radius 1 is 1.18 bits per heavy atom. The van der Waals surface area contributed by atoms with Gasteiger partial charge in [0.05, 0.1) is 29.8 Å². The van der Waals surface area contributed by atoms with E-state index < -0.39 is 0 Å². The molecule has 0 aliphatic carbocycles. The van der Waals surface area contributed by atoms with Crippen LogP contribution < -0.4 is 4.90 Å². The van der Waals surface area contributed by atoms with E-state index in [-0.39, 0.29) is 12.0 Å². The Hall–Kier alpha value is -2.70. The number of hydrogen-bond donors (Lipinski definition) is 0. The van der Waals surface area contributed by atoms with Crippen molar-refractivity contribution in [3.63, 3.8) is 0 Å². The van der Waals surface area contributed by atoms with Crippen LogP contribution in [0.3, 0.4) is 0 Å². The fourth-order valence-corrected chi connectivity index (χ4v) is 4.36. The van der Waals surface area contributed by atoms with E-state index in [1.54, 1.807) is 13.2 Å². The quantitative estimate of drug-likeness (QED) is 0.765. The molecule has 28 heavy (non-hydrogen) atoms. The summed E-state index contributed by atoms with van der Waals surface area (Å²) in [6.45, 7) is 4.61. The van der Waals surface area contributed by atoms with E-state index in [1.807, 2.05) is 47.4 Å². The zero-order valence-corrected chi connectivity index (χ0v) is 16.7. The van der Waals surface area contributed by atoms with Crippen molar-refractivity contribution in [3.8, 4) is 5.69 Å². The van der Waals surface area contributed by atoms with Gasteiger partial charge in [0, 0.05) is 51.2 Å². The van der Waals surface area contributed by atoms with Crippen LogP contribution in [-0.4, -0.2) is 64.5 Å². The van der Waals surface area contributed by atoms with Crippen LogP contribution in [0.1, 0.15) is 31.2 Å². The molecule has 148 valence electrons. The Bertz CT molecular complexity index is 852. The number of amides is 1. The molecule has 0 saturated carbocycles. The third-order valence-corrected chi connectivity index (χ3v) is 5.82. The monoisotopic (exact) mass is 380 g/mol. The van der Waals surface area contributed by atoms with Crippen LogP contribution in [0, 0.1) is 12.8 Å². The first-order valence-electron chi connectivity index (χ1n) is 10.1. The number of aryl methyl sites for hydroxylation is 1. The molecule has 1 amide bonds. The van der Waals surface area contributed by atoms with Gasteiger partial charge in [0.2, 0.25) is 5.91 Å². The van der Waals surface area contributed by atoms with Gasteiger partial charge in [-0.15, -0.1) is 0 Å². The van der Waals surface area contributed by atoms with Crippen molar-refractivity contribution in [2.45, 2.75) is 38.6 Å². The highest BCUT2D eigenvalue weighted by Gasteiger charge is 2.34. The summed E-state index contributed by atoms with van der Waals surface area (Å²) in [4.78, 5) is 25.9. The number of pyridine rings is 1. The topological polar surface area (TPSA) is 66.6 Å². The van der Waals surface area contributed by atoms with Crippen LogP contribution in [0.5, 0.6) is 0 Å². The van der Waals surface area contributed by atoms with Gasteiger partial charge >= 0.3 is 0 Å². The maximum Gasteiger partial charge on any atom is 0.226 e. The van der Waals surface area contributed by atoms with Crippen molar-refractivity contribution in [2.75, 3.05) is 31.6 Å². The second-order valence-electron chi connectivity index (χ2n) is 7.74. The molecule has 2 aliphatic heterocycles. The van der Waals surface area contributed by atoms with E-state index in [9.17, 15) is 4.79 Å². The molecule has 0 N–H and O–H groups in total. The highest BCUT2D eigenvalue weighted by Crippen LogP contribution is 2.30. The lowest BCUT2D eigenvalue weighted by atomic mass is 9.94. The number of hydrogen-bond acceptors (Lipinski definition) is 5. The fraction of sp³-hybridized carbons (Fsp3) is 0.524. The van der Waals surface area contributed by atoms with Crippen molar-refractivity contribution in [1.82, 2.24) is 19.7 Å². The summed E-state index contributed by atoms with van der Waals surface area (Å²) in [5, 5.41) is 4.45. The van der Waals surface area contributed by atoms with Gasteiger partial charge in [-0.2, -0.15) is 5.10 Å². The van der Waals surface area contributed by atoms with Gasteiger partial charge in [0.15, 0.2) is 0 Å². The molecule has 7 nitrogen and oxygen atoms in total. The number of carbonyl (C=O) groups is 1. The minimum Gasteiger partial charge on any atom is -0.368 e. The van der Waals surface area contributed by atoms with Crippen molar-refractivity contribution < 1.29 is 4.79 Å². The summed E-state index contributed by atoms with van der Waals surface area (Å²) < 4.78 is 1.91. The summed E-state index contributed by atoms with van der Waals surface area (Å²) in [6, 6.07) is 2.18. The number of carbonyl (C=O) groups excluding carboxylic acids is 1. The van der Waals surface area contributed by atoms with Gasteiger partial charge in [0.25, 0.3) is 0 Å². The van der Waals surface area contributed by atoms with E-state index in [0.717, 1.165) is 62.3 Å². The fourth-order valence-electron chi connectivity index (χ4n) is 4.36. The molecule has 1 atom stereocenters. The molecule has 2 saturated heterocycles. The Morgan fingerprint density at radius 2 is 2.00 bits per heavy atom. The van der Waals surface area contributed by atoms with E-state index in [4.69, 9.17) is 0 Å². The normalized spacial score (nSPS) is 21.0. The predicted molar refractivity (Wildman–Crippen MR) is 110 cm³/mol. The Balaban J connectivity index is 1.44. The summed E-state index contributed by atoms with van der Waals surface area (Å²) in [5.41, 5.74) is 3.24. The van der Waals surface area contributed by atoms with Crippen LogP contribution in [0.15, 0.2) is 35.8 Å². The van der Waals surface area contributed by atoms with E-state index in [1.165, 1.54) is 0 Å². The van der Waals surface area contributed by atoms with Crippen LogP contribution in [0.25, 0.3) is 5.69 Å². The Kier molecular flexibility index (Phi) is 5.41. The number of aliphatic imine (C=N–C) groups is 1. The number of piperidine rings is 1. The molecule has 0 spiro atoms. The summed E-state index contributed by atoms with van der Waals surface area (Å²) in [7, 11) is 1.78. The number of rotatable bonds is 4. The lowest BCUT2D eigenvalue weighted by molar-refractivity contribution is -0.135. The highest BCUT2D eigenvalue weighted by molar-refractivity contribution is 5.83. The van der Waals surface area contributed by atoms with E-state index >= 15 is 0 Å². The largest absolute Gasteiger partial charge is 0.368 e. The Labute approximate surface area is 166 Å². The van der Waals surface area contributed by atoms with Crippen LogP contribution in [0.2, 0.25) is 0 Å². The summed E-state index contributed by atoms with van der Waals surface area (Å²) in [6.07, 6.45) is 13.4. The zero-order chi connectivity index (χ0) is 19.5. The van der Waals surface area contributed by atoms with Gasteiger partial charge in [-0.1, -0.05) is 0 Å². The molecule has 2 aromatic rings. The Morgan fingerprint density at radius 3 is 2.71 bits per heavy atom. The number of aromatic nitrogens is 3. The van der Waals surface area contributed by atoms with Crippen LogP contribution >= 0.6 is 0 Å². The molecule has 0 radical (unpaired) electrons. The molecule has 4 heterocycles. The van der Waals surface area contributed by atoms with Gasteiger partial charge in [-0.3, -0.25) is 14.8 Å².